The molecule has 2 aromatic rings. The molecule has 1 amide bonds. The lowest BCUT2D eigenvalue weighted by atomic mass is 10.2. The molecule has 1 aliphatic heterocycles. The van der Waals surface area contributed by atoms with Gasteiger partial charge < -0.3 is 14.8 Å². The van der Waals surface area contributed by atoms with E-state index >= 15 is 0 Å². The van der Waals surface area contributed by atoms with Crippen molar-refractivity contribution in [3.8, 4) is 23.3 Å². The van der Waals surface area contributed by atoms with Crippen molar-refractivity contribution in [3.05, 3.63) is 18.5 Å². The van der Waals surface area contributed by atoms with Gasteiger partial charge in [0.15, 0.2) is 11.5 Å². The van der Waals surface area contributed by atoms with Crippen molar-refractivity contribution in [1.29, 1.82) is 5.26 Å². The average Bonchev–Trinajstić information content (AvgIpc) is 3.01. The number of hydrogen-bond donors (Lipinski definition) is 1. The molecule has 1 aliphatic rings. The minimum absolute atomic E-state index is 0.247. The van der Waals surface area contributed by atoms with Crippen molar-refractivity contribution >= 4 is 11.6 Å². The fourth-order valence-electron chi connectivity index (χ4n) is 1.91. The second-order valence-electron chi connectivity index (χ2n) is 4.15. The SMILES string of the molecule is N#CCC(=O)Nc1cc2c(cc1-n1cnnn1)OCCO2. The molecule has 0 saturated carbocycles. The lowest BCUT2D eigenvalue weighted by molar-refractivity contribution is -0.115. The summed E-state index contributed by atoms with van der Waals surface area (Å²) in [5.41, 5.74) is 0.960. The van der Waals surface area contributed by atoms with Gasteiger partial charge in [-0.25, -0.2) is 0 Å². The average molecular weight is 286 g/mol. The van der Waals surface area contributed by atoms with Crippen LogP contribution in [0.5, 0.6) is 11.5 Å². The number of fused-ring (bicyclic) bond motifs is 1. The first-order valence-electron chi connectivity index (χ1n) is 6.12. The summed E-state index contributed by atoms with van der Waals surface area (Å²) >= 11 is 0. The van der Waals surface area contributed by atoms with Crippen LogP contribution in [0.1, 0.15) is 6.42 Å². The van der Waals surface area contributed by atoms with Crippen molar-refractivity contribution in [1.82, 2.24) is 20.2 Å². The van der Waals surface area contributed by atoms with Gasteiger partial charge in [0.1, 0.15) is 26.0 Å². The minimum atomic E-state index is -0.427. The zero-order valence-corrected chi connectivity index (χ0v) is 10.8. The van der Waals surface area contributed by atoms with Crippen LogP contribution in [0.4, 0.5) is 5.69 Å². The largest absolute Gasteiger partial charge is 0.486 e. The minimum Gasteiger partial charge on any atom is -0.486 e. The van der Waals surface area contributed by atoms with E-state index in [1.165, 1.54) is 11.0 Å². The Balaban J connectivity index is 2.03. The van der Waals surface area contributed by atoms with Crippen molar-refractivity contribution in [2.75, 3.05) is 18.5 Å². The zero-order chi connectivity index (χ0) is 14.7. The maximum atomic E-state index is 11.6. The second-order valence-corrected chi connectivity index (χ2v) is 4.15. The molecule has 0 aliphatic carbocycles. The van der Waals surface area contributed by atoms with Gasteiger partial charge in [-0.1, -0.05) is 0 Å². The molecule has 0 spiro atoms. The zero-order valence-electron chi connectivity index (χ0n) is 10.8. The quantitative estimate of drug-likeness (QED) is 0.861. The Bertz CT molecular complexity index is 707. The molecule has 0 radical (unpaired) electrons. The number of aromatic nitrogens is 4. The molecule has 0 unspecified atom stereocenters. The van der Waals surface area contributed by atoms with Gasteiger partial charge in [0.25, 0.3) is 0 Å². The van der Waals surface area contributed by atoms with E-state index in [0.717, 1.165) is 0 Å². The summed E-state index contributed by atoms with van der Waals surface area (Å²) in [4.78, 5) is 11.6. The number of benzene rings is 1. The highest BCUT2D eigenvalue weighted by atomic mass is 16.6. The Morgan fingerprint density at radius 3 is 2.81 bits per heavy atom. The Morgan fingerprint density at radius 2 is 2.14 bits per heavy atom. The van der Waals surface area contributed by atoms with E-state index in [2.05, 4.69) is 20.8 Å². The number of carbonyl (C=O) groups is 1. The molecule has 9 nitrogen and oxygen atoms in total. The Labute approximate surface area is 119 Å². The van der Waals surface area contributed by atoms with Crippen LogP contribution < -0.4 is 14.8 Å². The van der Waals surface area contributed by atoms with Crippen LogP contribution in [-0.2, 0) is 4.79 Å². The fraction of sp³-hybridized carbons (Fsp3) is 0.250. The van der Waals surface area contributed by atoms with Crippen LogP contribution in [0.3, 0.4) is 0 Å². The summed E-state index contributed by atoms with van der Waals surface area (Å²) in [6.45, 7) is 0.880. The van der Waals surface area contributed by atoms with Gasteiger partial charge in [-0.3, -0.25) is 4.79 Å². The summed E-state index contributed by atoms with van der Waals surface area (Å²) < 4.78 is 12.4. The van der Waals surface area contributed by atoms with Crippen LogP contribution >= 0.6 is 0 Å². The predicted molar refractivity (Wildman–Crippen MR) is 69.0 cm³/mol. The van der Waals surface area contributed by atoms with E-state index < -0.39 is 5.91 Å². The normalized spacial score (nSPS) is 12.5. The number of amides is 1. The van der Waals surface area contributed by atoms with Crippen LogP contribution in [0, 0.1) is 11.3 Å². The van der Waals surface area contributed by atoms with Crippen LogP contribution in [0.2, 0.25) is 0 Å². The monoisotopic (exact) mass is 286 g/mol. The molecule has 0 fully saturated rings. The molecular weight excluding hydrogens is 276 g/mol. The molecule has 1 N–H and O–H groups in total. The maximum absolute atomic E-state index is 11.6. The number of nitriles is 1. The molecule has 3 rings (SSSR count). The number of tetrazole rings is 1. The topological polar surface area (TPSA) is 115 Å². The van der Waals surface area contributed by atoms with E-state index in [9.17, 15) is 4.79 Å². The number of anilines is 1. The second kappa shape index (κ2) is 5.46. The van der Waals surface area contributed by atoms with Gasteiger partial charge in [-0.15, -0.1) is 5.10 Å². The first kappa shape index (κ1) is 12.9. The van der Waals surface area contributed by atoms with E-state index in [1.807, 2.05) is 0 Å². The van der Waals surface area contributed by atoms with Crippen LogP contribution in [-0.4, -0.2) is 39.3 Å². The third-order valence-electron chi connectivity index (χ3n) is 2.77. The highest BCUT2D eigenvalue weighted by Crippen LogP contribution is 2.37. The van der Waals surface area contributed by atoms with Gasteiger partial charge in [0, 0.05) is 12.1 Å². The molecule has 0 saturated heterocycles. The summed E-state index contributed by atoms with van der Waals surface area (Å²) in [6.07, 6.45) is 1.15. The molecule has 0 atom stereocenters. The number of carbonyl (C=O) groups excluding carboxylic acids is 1. The number of nitrogens with zero attached hydrogens (tertiary/aromatic N) is 5. The van der Waals surface area contributed by atoms with Crippen LogP contribution in [0.25, 0.3) is 5.69 Å². The lowest BCUT2D eigenvalue weighted by Crippen LogP contribution is -2.18. The summed E-state index contributed by atoms with van der Waals surface area (Å²) in [7, 11) is 0. The summed E-state index contributed by atoms with van der Waals surface area (Å²) in [5.74, 6) is 0.638. The Morgan fingerprint density at radius 1 is 1.38 bits per heavy atom. The molecule has 2 heterocycles. The summed E-state index contributed by atoms with van der Waals surface area (Å²) in [5, 5.41) is 22.1. The van der Waals surface area contributed by atoms with Crippen molar-refractivity contribution in [2.24, 2.45) is 0 Å². The van der Waals surface area contributed by atoms with E-state index in [0.29, 0.717) is 36.1 Å². The molecule has 21 heavy (non-hydrogen) atoms. The first-order valence-corrected chi connectivity index (χ1v) is 6.12. The van der Waals surface area contributed by atoms with Gasteiger partial charge in [-0.2, -0.15) is 9.94 Å². The van der Waals surface area contributed by atoms with Crippen molar-refractivity contribution in [3.63, 3.8) is 0 Å². The fourth-order valence-corrected chi connectivity index (χ4v) is 1.91. The van der Waals surface area contributed by atoms with Gasteiger partial charge in [-0.05, 0) is 10.4 Å². The highest BCUT2D eigenvalue weighted by molar-refractivity contribution is 5.94. The number of hydrogen-bond acceptors (Lipinski definition) is 7. The molecule has 1 aromatic heterocycles. The molecule has 1 aromatic carbocycles. The number of nitrogens with one attached hydrogen (secondary N) is 1. The molecule has 106 valence electrons. The third kappa shape index (κ3) is 2.59. The summed E-state index contributed by atoms with van der Waals surface area (Å²) in [6, 6.07) is 5.09. The maximum Gasteiger partial charge on any atom is 0.238 e. The molecule has 0 bridgehead atoms. The van der Waals surface area contributed by atoms with Crippen molar-refractivity contribution < 1.29 is 14.3 Å². The van der Waals surface area contributed by atoms with E-state index in [-0.39, 0.29) is 6.42 Å². The standard InChI is InChI=1S/C12H10N6O3/c13-2-1-12(19)15-8-5-10-11(21-4-3-20-10)6-9(8)18-7-14-16-17-18/h5-7H,1,3-4H2,(H,15,19). The number of ether oxygens (including phenoxy) is 2. The van der Waals surface area contributed by atoms with Gasteiger partial charge in [0.2, 0.25) is 5.91 Å². The third-order valence-corrected chi connectivity index (χ3v) is 2.77. The van der Waals surface area contributed by atoms with Crippen LogP contribution in [0.15, 0.2) is 18.5 Å². The van der Waals surface area contributed by atoms with Crippen molar-refractivity contribution in [2.45, 2.75) is 6.42 Å². The Kier molecular flexibility index (Phi) is 3.34. The van der Waals surface area contributed by atoms with Gasteiger partial charge >= 0.3 is 0 Å². The highest BCUT2D eigenvalue weighted by Gasteiger charge is 2.18. The van der Waals surface area contributed by atoms with E-state index in [1.54, 1.807) is 18.2 Å². The van der Waals surface area contributed by atoms with E-state index in [4.69, 9.17) is 14.7 Å². The molecule has 9 heteroatoms. The first-order chi connectivity index (χ1) is 10.3. The Hall–Kier alpha value is -3.15. The predicted octanol–water partition coefficient (Wildman–Crippen LogP) is 0.286. The molecular formula is C12H10N6O3. The van der Waals surface area contributed by atoms with Gasteiger partial charge in [0.05, 0.1) is 17.4 Å². The number of rotatable bonds is 3. The smallest absolute Gasteiger partial charge is 0.238 e. The lowest BCUT2D eigenvalue weighted by Gasteiger charge is -2.21.